The Bertz CT molecular complexity index is 1990. The summed E-state index contributed by atoms with van der Waals surface area (Å²) in [6.45, 7) is 11.3. The van der Waals surface area contributed by atoms with Crippen molar-refractivity contribution in [1.29, 1.82) is 0 Å². The maximum absolute atomic E-state index is 5.81. The van der Waals surface area contributed by atoms with Gasteiger partial charge in [-0.3, -0.25) is 4.98 Å². The molecule has 0 aliphatic carbocycles. The summed E-state index contributed by atoms with van der Waals surface area (Å²) in [5.74, 6) is 0.863. The Morgan fingerprint density at radius 3 is 2.25 bits per heavy atom. The van der Waals surface area contributed by atoms with Gasteiger partial charge in [0.1, 0.15) is 5.82 Å². The van der Waals surface area contributed by atoms with Gasteiger partial charge in [0.2, 0.25) is 0 Å². The Kier molecular flexibility index (Phi) is 7.72. The first kappa shape index (κ1) is 30.2. The molecular weight excluding hydrogens is 738 g/mol. The number of benzene rings is 4. The number of pyridine rings is 2. The zero-order valence-corrected chi connectivity index (χ0v) is 28.5. The Morgan fingerprint density at radius 1 is 0.773 bits per heavy atom. The van der Waals surface area contributed by atoms with E-state index in [0.717, 1.165) is 55.4 Å². The molecule has 220 valence electrons. The van der Waals surface area contributed by atoms with Crippen LogP contribution in [0.15, 0.2) is 114 Å². The first-order chi connectivity index (χ1) is 20.6. The molecule has 0 atom stereocenters. The summed E-state index contributed by atoms with van der Waals surface area (Å²) in [4.78, 5) is 12.8. The van der Waals surface area contributed by atoms with E-state index in [1.807, 2.05) is 30.5 Å². The first-order valence-corrected chi connectivity index (χ1v) is 15.1. The molecule has 0 amide bonds. The number of para-hydroxylation sites is 1. The van der Waals surface area contributed by atoms with Gasteiger partial charge in [0, 0.05) is 22.8 Å². The third kappa shape index (κ3) is 5.05. The predicted octanol–water partition coefficient (Wildman–Crippen LogP) is 10.1. The van der Waals surface area contributed by atoms with Crippen LogP contribution in [0.1, 0.15) is 51.3 Å². The summed E-state index contributed by atoms with van der Waals surface area (Å²) in [5.41, 5.74) is 10.7. The molecule has 0 radical (unpaired) electrons. The van der Waals surface area contributed by atoms with Gasteiger partial charge in [-0.15, -0.1) is 28.7 Å². The second-order valence-corrected chi connectivity index (χ2v) is 13.3. The van der Waals surface area contributed by atoms with E-state index in [2.05, 4.69) is 124 Å². The Hall–Kier alpha value is -3.85. The van der Waals surface area contributed by atoms with Crippen molar-refractivity contribution < 1.29 is 21.1 Å². The van der Waals surface area contributed by atoms with Crippen LogP contribution in [0.25, 0.3) is 33.3 Å². The summed E-state index contributed by atoms with van der Waals surface area (Å²) in [5, 5.41) is 1.06. The summed E-state index contributed by atoms with van der Waals surface area (Å²) in [6.07, 6.45) is 1.84. The fourth-order valence-corrected chi connectivity index (χ4v) is 6.47. The summed E-state index contributed by atoms with van der Waals surface area (Å²) >= 11 is 5.81. The molecule has 1 aliphatic heterocycles. The van der Waals surface area contributed by atoms with Gasteiger partial charge in [0.05, 0.1) is 0 Å². The van der Waals surface area contributed by atoms with Crippen LogP contribution in [-0.2, 0) is 44.5 Å². The number of anilines is 3. The largest absolute Gasteiger partial charge is 2.00 e. The van der Waals surface area contributed by atoms with E-state index in [1.165, 1.54) is 16.7 Å². The quantitative estimate of drug-likeness (QED) is 0.132. The van der Waals surface area contributed by atoms with Crippen LogP contribution in [-0.4, -0.2) is 9.97 Å². The SMILES string of the molecule is CC(C)(C)c1ccc(-c2ccc([S-])c3nc(-c4[c-]c5c(cc4)C(C)(C)c4ccccc4N5c4ccccn4)ccc23)cc1.[Pt+2]. The van der Waals surface area contributed by atoms with Crippen LogP contribution in [0.2, 0.25) is 0 Å². The standard InChI is InChI=1S/C39H34N3S.Pt/c1-38(2,3)27-16-13-25(14-17-27)28-19-22-35(43)37-29(28)18-21-32(41-37)26-15-20-31-34(24-26)42(36-12-8-9-23-40-36)33-11-7-6-10-30(33)39(31,4)5;/h6-23,43H,1-5H3;/q-1;+2/p-1. The fourth-order valence-electron chi connectivity index (χ4n) is 6.24. The van der Waals surface area contributed by atoms with E-state index in [4.69, 9.17) is 22.6 Å². The van der Waals surface area contributed by atoms with Gasteiger partial charge in [-0.25, -0.2) is 4.98 Å². The molecule has 4 aromatic carbocycles. The molecule has 6 aromatic rings. The van der Waals surface area contributed by atoms with E-state index >= 15 is 0 Å². The molecule has 0 N–H and O–H groups in total. The van der Waals surface area contributed by atoms with Crippen molar-refractivity contribution in [3.05, 3.63) is 132 Å². The molecule has 0 bridgehead atoms. The zero-order valence-electron chi connectivity index (χ0n) is 25.5. The molecule has 7 rings (SSSR count). The second kappa shape index (κ2) is 11.3. The molecule has 44 heavy (non-hydrogen) atoms. The van der Waals surface area contributed by atoms with Crippen LogP contribution in [0.4, 0.5) is 17.2 Å². The molecule has 0 saturated heterocycles. The topological polar surface area (TPSA) is 29.0 Å². The Balaban J connectivity index is 0.00000343. The minimum absolute atomic E-state index is 0. The number of rotatable bonds is 3. The van der Waals surface area contributed by atoms with E-state index < -0.39 is 0 Å². The van der Waals surface area contributed by atoms with Crippen molar-refractivity contribution >= 4 is 40.7 Å². The van der Waals surface area contributed by atoms with E-state index in [0.29, 0.717) is 0 Å². The molecule has 5 heteroatoms. The van der Waals surface area contributed by atoms with E-state index in [9.17, 15) is 0 Å². The Morgan fingerprint density at radius 2 is 1.52 bits per heavy atom. The molecular formula is C39H33N3PtS. The molecule has 0 fully saturated rings. The normalized spacial score (nSPS) is 13.6. The zero-order chi connectivity index (χ0) is 29.9. The third-order valence-corrected chi connectivity index (χ3v) is 9.01. The molecule has 2 aromatic heterocycles. The van der Waals surface area contributed by atoms with Crippen molar-refractivity contribution in [2.75, 3.05) is 4.90 Å². The third-order valence-electron chi connectivity index (χ3n) is 8.68. The van der Waals surface area contributed by atoms with Gasteiger partial charge in [-0.05, 0) is 62.7 Å². The van der Waals surface area contributed by atoms with Crippen LogP contribution < -0.4 is 4.90 Å². The number of hydrogen-bond donors (Lipinski definition) is 0. The first-order valence-electron chi connectivity index (χ1n) is 14.7. The van der Waals surface area contributed by atoms with Crippen LogP contribution >= 0.6 is 0 Å². The van der Waals surface area contributed by atoms with Crippen LogP contribution in [0.3, 0.4) is 0 Å². The van der Waals surface area contributed by atoms with Crippen molar-refractivity contribution in [2.24, 2.45) is 0 Å². The summed E-state index contributed by atoms with van der Waals surface area (Å²) < 4.78 is 0. The van der Waals surface area contributed by atoms with Crippen molar-refractivity contribution in [2.45, 2.75) is 50.3 Å². The van der Waals surface area contributed by atoms with Crippen molar-refractivity contribution in [1.82, 2.24) is 9.97 Å². The van der Waals surface area contributed by atoms with Gasteiger partial charge in [-0.1, -0.05) is 113 Å². The maximum Gasteiger partial charge on any atom is 2.00 e. The molecule has 0 saturated carbocycles. The molecule has 0 unspecified atom stereocenters. The van der Waals surface area contributed by atoms with E-state index in [1.54, 1.807) is 0 Å². The van der Waals surface area contributed by atoms with Crippen LogP contribution in [0.5, 0.6) is 0 Å². The van der Waals surface area contributed by atoms with Gasteiger partial charge in [0.25, 0.3) is 0 Å². The smallest absolute Gasteiger partial charge is 0.778 e. The average molecular weight is 771 g/mol. The summed E-state index contributed by atoms with van der Waals surface area (Å²) in [7, 11) is 0. The molecule has 3 nitrogen and oxygen atoms in total. The monoisotopic (exact) mass is 770 g/mol. The fraction of sp³-hybridized carbons (Fsp3) is 0.179. The van der Waals surface area contributed by atoms with Crippen LogP contribution in [0, 0.1) is 6.07 Å². The Labute approximate surface area is 280 Å². The number of nitrogens with zero attached hydrogens (tertiary/aromatic N) is 3. The van der Waals surface area contributed by atoms with Crippen molar-refractivity contribution in [3.8, 4) is 22.4 Å². The average Bonchev–Trinajstić information content (AvgIpc) is 3.01. The van der Waals surface area contributed by atoms with Gasteiger partial charge in [0.15, 0.2) is 0 Å². The van der Waals surface area contributed by atoms with Gasteiger partial charge < -0.3 is 17.5 Å². The minimum Gasteiger partial charge on any atom is -0.778 e. The van der Waals surface area contributed by atoms with Gasteiger partial charge >= 0.3 is 21.1 Å². The molecule has 3 heterocycles. The number of fused-ring (bicyclic) bond motifs is 3. The van der Waals surface area contributed by atoms with Crippen molar-refractivity contribution in [3.63, 3.8) is 0 Å². The molecule has 1 aliphatic rings. The maximum atomic E-state index is 5.81. The number of hydrogen-bond acceptors (Lipinski definition) is 4. The number of aromatic nitrogens is 2. The van der Waals surface area contributed by atoms with E-state index in [-0.39, 0.29) is 31.9 Å². The summed E-state index contributed by atoms with van der Waals surface area (Å²) in [6, 6.07) is 39.9. The molecule has 0 spiro atoms. The minimum atomic E-state index is -0.200. The van der Waals surface area contributed by atoms with Gasteiger partial charge in [-0.2, -0.15) is 0 Å². The second-order valence-electron chi connectivity index (χ2n) is 12.8. The predicted molar refractivity (Wildman–Crippen MR) is 180 cm³/mol.